The zero-order valence-electron chi connectivity index (χ0n) is 10.9. The van der Waals surface area contributed by atoms with Crippen LogP contribution in [-0.2, 0) is 4.79 Å². The molecule has 1 amide bonds. The summed E-state index contributed by atoms with van der Waals surface area (Å²) in [6.07, 6.45) is 0. The lowest BCUT2D eigenvalue weighted by Crippen LogP contribution is -2.22. The van der Waals surface area contributed by atoms with E-state index in [4.69, 9.17) is 0 Å². The van der Waals surface area contributed by atoms with E-state index in [1.165, 1.54) is 24.3 Å². The highest BCUT2D eigenvalue weighted by Gasteiger charge is 2.04. The van der Waals surface area contributed by atoms with Crippen LogP contribution in [-0.4, -0.2) is 12.5 Å². The van der Waals surface area contributed by atoms with Crippen molar-refractivity contribution in [1.82, 2.24) is 0 Å². The number of amides is 1. The SMILES string of the molecule is Cc1ccc(Br)cc1NCC(=O)Nc1ccc(F)cc1. The van der Waals surface area contributed by atoms with Crippen LogP contribution >= 0.6 is 15.9 Å². The van der Waals surface area contributed by atoms with Gasteiger partial charge in [0, 0.05) is 15.8 Å². The van der Waals surface area contributed by atoms with Gasteiger partial charge in [0.25, 0.3) is 0 Å². The van der Waals surface area contributed by atoms with Crippen LogP contribution in [0.25, 0.3) is 0 Å². The van der Waals surface area contributed by atoms with E-state index in [1.807, 2.05) is 25.1 Å². The smallest absolute Gasteiger partial charge is 0.243 e. The van der Waals surface area contributed by atoms with Gasteiger partial charge < -0.3 is 10.6 Å². The summed E-state index contributed by atoms with van der Waals surface area (Å²) in [5.41, 5.74) is 2.53. The Morgan fingerprint density at radius 3 is 2.60 bits per heavy atom. The second-order valence-corrected chi connectivity index (χ2v) is 5.28. The molecule has 0 radical (unpaired) electrons. The highest BCUT2D eigenvalue weighted by Crippen LogP contribution is 2.20. The molecule has 0 unspecified atom stereocenters. The second kappa shape index (κ2) is 6.52. The predicted molar refractivity (Wildman–Crippen MR) is 82.4 cm³/mol. The summed E-state index contributed by atoms with van der Waals surface area (Å²) in [7, 11) is 0. The third-order valence-electron chi connectivity index (χ3n) is 2.77. The molecule has 104 valence electrons. The van der Waals surface area contributed by atoms with Crippen molar-refractivity contribution in [2.45, 2.75) is 6.92 Å². The lowest BCUT2D eigenvalue weighted by Gasteiger charge is -2.10. The largest absolute Gasteiger partial charge is 0.376 e. The summed E-state index contributed by atoms with van der Waals surface area (Å²) < 4.78 is 13.7. The molecule has 0 aliphatic carbocycles. The molecule has 2 aromatic rings. The summed E-state index contributed by atoms with van der Waals surface area (Å²) >= 11 is 3.39. The van der Waals surface area contributed by atoms with E-state index in [0.717, 1.165) is 15.7 Å². The normalized spacial score (nSPS) is 10.2. The molecule has 0 saturated carbocycles. The molecule has 2 aromatic carbocycles. The molecule has 0 aliphatic rings. The van der Waals surface area contributed by atoms with Gasteiger partial charge in [-0.2, -0.15) is 0 Å². The molecule has 0 atom stereocenters. The minimum absolute atomic E-state index is 0.147. The van der Waals surface area contributed by atoms with Crippen LogP contribution < -0.4 is 10.6 Å². The standard InChI is InChI=1S/C15H14BrFN2O/c1-10-2-3-11(16)8-14(10)18-9-15(20)19-13-6-4-12(17)5-7-13/h2-8,18H,9H2,1H3,(H,19,20). The van der Waals surface area contributed by atoms with Crippen molar-refractivity contribution in [3.05, 3.63) is 58.3 Å². The Balaban J connectivity index is 1.92. The van der Waals surface area contributed by atoms with Crippen LogP contribution in [0.3, 0.4) is 0 Å². The number of halogens is 2. The predicted octanol–water partition coefficient (Wildman–Crippen LogP) is 3.95. The molecule has 0 aromatic heterocycles. The minimum atomic E-state index is -0.328. The summed E-state index contributed by atoms with van der Waals surface area (Å²) in [6.45, 7) is 2.11. The van der Waals surface area contributed by atoms with Gasteiger partial charge in [0.1, 0.15) is 5.82 Å². The van der Waals surface area contributed by atoms with Gasteiger partial charge in [0.15, 0.2) is 0 Å². The summed E-state index contributed by atoms with van der Waals surface area (Å²) in [4.78, 5) is 11.8. The zero-order valence-corrected chi connectivity index (χ0v) is 12.5. The Morgan fingerprint density at radius 2 is 1.90 bits per heavy atom. The molecule has 0 heterocycles. The van der Waals surface area contributed by atoms with Gasteiger partial charge in [0.2, 0.25) is 5.91 Å². The Bertz CT molecular complexity index is 614. The van der Waals surface area contributed by atoms with Crippen molar-refractivity contribution in [2.75, 3.05) is 17.2 Å². The van der Waals surface area contributed by atoms with E-state index in [0.29, 0.717) is 5.69 Å². The van der Waals surface area contributed by atoms with Crippen LogP contribution in [0, 0.1) is 12.7 Å². The van der Waals surface area contributed by atoms with E-state index >= 15 is 0 Å². The van der Waals surface area contributed by atoms with Crippen LogP contribution in [0.1, 0.15) is 5.56 Å². The van der Waals surface area contributed by atoms with Gasteiger partial charge in [-0.15, -0.1) is 0 Å². The van der Waals surface area contributed by atoms with E-state index in [-0.39, 0.29) is 18.3 Å². The first kappa shape index (κ1) is 14.5. The summed E-state index contributed by atoms with van der Waals surface area (Å²) in [5.74, 6) is -0.512. The molecule has 20 heavy (non-hydrogen) atoms. The van der Waals surface area contributed by atoms with Crippen molar-refractivity contribution in [1.29, 1.82) is 0 Å². The number of benzene rings is 2. The van der Waals surface area contributed by atoms with Crippen LogP contribution in [0.15, 0.2) is 46.9 Å². The Kier molecular flexibility index (Phi) is 4.74. The maximum absolute atomic E-state index is 12.7. The van der Waals surface area contributed by atoms with Crippen molar-refractivity contribution in [2.24, 2.45) is 0 Å². The summed E-state index contributed by atoms with van der Waals surface area (Å²) in [6, 6.07) is 11.5. The highest BCUT2D eigenvalue weighted by atomic mass is 79.9. The average Bonchev–Trinajstić information content (AvgIpc) is 2.42. The zero-order chi connectivity index (χ0) is 14.5. The molecule has 0 aliphatic heterocycles. The Morgan fingerprint density at radius 1 is 1.20 bits per heavy atom. The lowest BCUT2D eigenvalue weighted by atomic mass is 10.2. The van der Waals surface area contributed by atoms with E-state index in [2.05, 4.69) is 26.6 Å². The molecule has 0 spiro atoms. The number of carbonyl (C=O) groups is 1. The van der Waals surface area contributed by atoms with Gasteiger partial charge in [0.05, 0.1) is 6.54 Å². The molecule has 0 bridgehead atoms. The second-order valence-electron chi connectivity index (χ2n) is 4.37. The fraction of sp³-hybridized carbons (Fsp3) is 0.133. The average molecular weight is 337 g/mol. The first-order valence-corrected chi connectivity index (χ1v) is 6.89. The number of anilines is 2. The molecule has 2 N–H and O–H groups in total. The van der Waals surface area contributed by atoms with Crippen molar-refractivity contribution in [3.63, 3.8) is 0 Å². The molecule has 2 rings (SSSR count). The van der Waals surface area contributed by atoms with Gasteiger partial charge in [-0.25, -0.2) is 4.39 Å². The Hall–Kier alpha value is -1.88. The molecule has 0 saturated heterocycles. The number of nitrogens with one attached hydrogen (secondary N) is 2. The molecule has 5 heteroatoms. The monoisotopic (exact) mass is 336 g/mol. The van der Waals surface area contributed by atoms with Crippen molar-refractivity contribution in [3.8, 4) is 0 Å². The maximum Gasteiger partial charge on any atom is 0.243 e. The van der Waals surface area contributed by atoms with Crippen LogP contribution in [0.2, 0.25) is 0 Å². The van der Waals surface area contributed by atoms with Crippen molar-refractivity contribution >= 4 is 33.2 Å². The van der Waals surface area contributed by atoms with Gasteiger partial charge in [-0.1, -0.05) is 22.0 Å². The maximum atomic E-state index is 12.7. The molecule has 0 fully saturated rings. The molecule has 3 nitrogen and oxygen atoms in total. The lowest BCUT2D eigenvalue weighted by molar-refractivity contribution is -0.114. The highest BCUT2D eigenvalue weighted by molar-refractivity contribution is 9.10. The number of hydrogen-bond acceptors (Lipinski definition) is 2. The Labute approximate surface area is 125 Å². The van der Waals surface area contributed by atoms with Crippen LogP contribution in [0.4, 0.5) is 15.8 Å². The molecular weight excluding hydrogens is 323 g/mol. The third kappa shape index (κ3) is 4.06. The minimum Gasteiger partial charge on any atom is -0.376 e. The van der Waals surface area contributed by atoms with Gasteiger partial charge >= 0.3 is 0 Å². The van der Waals surface area contributed by atoms with Crippen molar-refractivity contribution < 1.29 is 9.18 Å². The van der Waals surface area contributed by atoms with E-state index in [9.17, 15) is 9.18 Å². The topological polar surface area (TPSA) is 41.1 Å². The number of aryl methyl sites for hydroxylation is 1. The fourth-order valence-corrected chi connectivity index (χ4v) is 2.06. The fourth-order valence-electron chi connectivity index (χ4n) is 1.70. The quantitative estimate of drug-likeness (QED) is 0.887. The van der Waals surface area contributed by atoms with Crippen LogP contribution in [0.5, 0.6) is 0 Å². The van der Waals surface area contributed by atoms with Gasteiger partial charge in [-0.05, 0) is 48.9 Å². The third-order valence-corrected chi connectivity index (χ3v) is 3.26. The van der Waals surface area contributed by atoms with Gasteiger partial charge in [-0.3, -0.25) is 4.79 Å². The first-order chi connectivity index (χ1) is 9.54. The molecular formula is C15H14BrFN2O. The number of hydrogen-bond donors (Lipinski definition) is 2. The first-order valence-electron chi connectivity index (χ1n) is 6.10. The number of rotatable bonds is 4. The van der Waals surface area contributed by atoms with E-state index in [1.54, 1.807) is 0 Å². The number of carbonyl (C=O) groups excluding carboxylic acids is 1. The summed E-state index contributed by atoms with van der Waals surface area (Å²) in [5, 5.41) is 5.76. The van der Waals surface area contributed by atoms with E-state index < -0.39 is 0 Å².